The molecule has 0 saturated heterocycles. The fraction of sp³-hybridized carbons (Fsp3) is 0.263. The van der Waals surface area contributed by atoms with Crippen LogP contribution in [-0.2, 0) is 9.59 Å². The van der Waals surface area contributed by atoms with E-state index in [1.54, 1.807) is 12.1 Å². The molecule has 2 N–H and O–H groups in total. The molecule has 0 spiro atoms. The van der Waals surface area contributed by atoms with Gasteiger partial charge in [0.25, 0.3) is 5.91 Å². The Balaban J connectivity index is 1.43. The number of para-hydroxylation sites is 3. The van der Waals surface area contributed by atoms with Crippen molar-refractivity contribution in [3.8, 4) is 11.5 Å². The van der Waals surface area contributed by atoms with E-state index in [1.807, 2.05) is 36.4 Å². The fourth-order valence-electron chi connectivity index (χ4n) is 3.14. The summed E-state index contributed by atoms with van der Waals surface area (Å²) in [7, 11) is 0. The van der Waals surface area contributed by atoms with Crippen LogP contribution in [0.2, 0.25) is 0 Å². The average Bonchev–Trinajstić information content (AvgIpc) is 2.63. The normalized spacial score (nSPS) is 21.0. The number of rotatable bonds is 3. The third-order valence-corrected chi connectivity index (χ3v) is 4.37. The third-order valence-electron chi connectivity index (χ3n) is 4.37. The van der Waals surface area contributed by atoms with Crippen LogP contribution in [0.3, 0.4) is 0 Å². The molecule has 0 bridgehead atoms. The highest BCUT2D eigenvalue weighted by Gasteiger charge is 2.31. The van der Waals surface area contributed by atoms with Gasteiger partial charge in [-0.25, -0.2) is 0 Å². The Bertz CT molecular complexity index is 821. The van der Waals surface area contributed by atoms with Crippen LogP contribution in [0.25, 0.3) is 0 Å². The number of hydrogen-bond acceptors (Lipinski definition) is 4. The molecule has 2 aromatic carbocycles. The first-order chi connectivity index (χ1) is 12.2. The SMILES string of the molecule is O=C(C[C@@H]1Oc2ccccc2NC1=O)N[C@@H]1CCOc2ccccc21. The van der Waals surface area contributed by atoms with Crippen LogP contribution in [-0.4, -0.2) is 24.5 Å². The topological polar surface area (TPSA) is 76.7 Å². The molecule has 128 valence electrons. The number of carbonyl (C=O) groups excluding carboxylic acids is 2. The zero-order valence-corrected chi connectivity index (χ0v) is 13.5. The average molecular weight is 338 g/mol. The second kappa shape index (κ2) is 6.47. The van der Waals surface area contributed by atoms with Crippen molar-refractivity contribution in [1.29, 1.82) is 0 Å². The first kappa shape index (κ1) is 15.5. The van der Waals surface area contributed by atoms with Crippen LogP contribution >= 0.6 is 0 Å². The molecule has 6 nitrogen and oxygen atoms in total. The minimum atomic E-state index is -0.829. The molecule has 2 aromatic rings. The summed E-state index contributed by atoms with van der Waals surface area (Å²) in [5.74, 6) is 0.846. The number of carbonyl (C=O) groups is 2. The Morgan fingerprint density at radius 3 is 2.76 bits per heavy atom. The number of fused-ring (bicyclic) bond motifs is 2. The minimum absolute atomic E-state index is 0.0281. The summed E-state index contributed by atoms with van der Waals surface area (Å²) in [6, 6.07) is 14.7. The molecular weight excluding hydrogens is 320 g/mol. The maximum absolute atomic E-state index is 12.4. The Morgan fingerprint density at radius 2 is 1.88 bits per heavy atom. The summed E-state index contributed by atoms with van der Waals surface area (Å²) in [4.78, 5) is 24.6. The van der Waals surface area contributed by atoms with Crippen LogP contribution in [0.4, 0.5) is 5.69 Å². The van der Waals surface area contributed by atoms with Gasteiger partial charge in [0.05, 0.1) is 24.8 Å². The third kappa shape index (κ3) is 3.15. The van der Waals surface area contributed by atoms with E-state index < -0.39 is 6.10 Å². The number of nitrogens with one attached hydrogen (secondary N) is 2. The van der Waals surface area contributed by atoms with E-state index in [0.717, 1.165) is 11.3 Å². The lowest BCUT2D eigenvalue weighted by Crippen LogP contribution is -2.42. The van der Waals surface area contributed by atoms with Gasteiger partial charge < -0.3 is 20.1 Å². The molecule has 0 saturated carbocycles. The van der Waals surface area contributed by atoms with E-state index in [4.69, 9.17) is 9.47 Å². The monoisotopic (exact) mass is 338 g/mol. The van der Waals surface area contributed by atoms with Gasteiger partial charge in [-0.15, -0.1) is 0 Å². The summed E-state index contributed by atoms with van der Waals surface area (Å²) in [5.41, 5.74) is 1.59. The predicted octanol–water partition coefficient (Wildman–Crippen LogP) is 2.42. The smallest absolute Gasteiger partial charge is 0.266 e. The second-order valence-corrected chi connectivity index (χ2v) is 6.09. The van der Waals surface area contributed by atoms with Gasteiger partial charge in [-0.2, -0.15) is 0 Å². The molecule has 0 aliphatic carbocycles. The van der Waals surface area contributed by atoms with E-state index >= 15 is 0 Å². The molecule has 0 fully saturated rings. The molecule has 25 heavy (non-hydrogen) atoms. The van der Waals surface area contributed by atoms with Crippen molar-refractivity contribution in [3.05, 3.63) is 54.1 Å². The molecule has 2 aliphatic rings. The second-order valence-electron chi connectivity index (χ2n) is 6.09. The van der Waals surface area contributed by atoms with Crippen LogP contribution < -0.4 is 20.1 Å². The Kier molecular flexibility index (Phi) is 4.01. The molecule has 6 heteroatoms. The summed E-state index contributed by atoms with van der Waals surface area (Å²) in [6.45, 7) is 0.551. The van der Waals surface area contributed by atoms with E-state index in [-0.39, 0.29) is 24.3 Å². The van der Waals surface area contributed by atoms with Gasteiger partial charge in [0, 0.05) is 12.0 Å². The molecule has 4 rings (SSSR count). The molecular formula is C19H18N2O4. The zero-order chi connectivity index (χ0) is 17.2. The number of ether oxygens (including phenoxy) is 2. The first-order valence-corrected chi connectivity index (χ1v) is 8.28. The lowest BCUT2D eigenvalue weighted by atomic mass is 10.00. The van der Waals surface area contributed by atoms with Crippen molar-refractivity contribution in [3.63, 3.8) is 0 Å². The lowest BCUT2D eigenvalue weighted by Gasteiger charge is -2.28. The van der Waals surface area contributed by atoms with Gasteiger partial charge in [0.2, 0.25) is 5.91 Å². The zero-order valence-electron chi connectivity index (χ0n) is 13.5. The summed E-state index contributed by atoms with van der Waals surface area (Å²) in [5, 5.41) is 5.76. The molecule has 2 atom stereocenters. The first-order valence-electron chi connectivity index (χ1n) is 8.28. The highest BCUT2D eigenvalue weighted by Crippen LogP contribution is 2.32. The molecule has 0 aromatic heterocycles. The molecule has 2 heterocycles. The number of hydrogen-bond donors (Lipinski definition) is 2. The van der Waals surface area contributed by atoms with Crippen molar-refractivity contribution < 1.29 is 19.1 Å². The van der Waals surface area contributed by atoms with Crippen LogP contribution in [0, 0.1) is 0 Å². The molecule has 0 unspecified atom stereocenters. The minimum Gasteiger partial charge on any atom is -0.493 e. The molecule has 0 radical (unpaired) electrons. The summed E-state index contributed by atoms with van der Waals surface area (Å²) < 4.78 is 11.3. The Hall–Kier alpha value is -3.02. The van der Waals surface area contributed by atoms with E-state index in [2.05, 4.69) is 10.6 Å². The van der Waals surface area contributed by atoms with Crippen molar-refractivity contribution in [2.75, 3.05) is 11.9 Å². The van der Waals surface area contributed by atoms with Gasteiger partial charge in [0.15, 0.2) is 6.10 Å². The van der Waals surface area contributed by atoms with Gasteiger partial charge in [-0.1, -0.05) is 30.3 Å². The van der Waals surface area contributed by atoms with Crippen molar-refractivity contribution in [1.82, 2.24) is 5.32 Å². The standard InChI is InChI=1S/C19H18N2O4/c22-18(20-13-9-10-24-15-7-3-1-5-12(13)15)11-17-19(23)21-14-6-2-4-8-16(14)25-17/h1-8,13,17H,9-11H2,(H,20,22)(H,21,23)/t13-,17+/m1/s1. The number of benzene rings is 2. The summed E-state index contributed by atoms with van der Waals surface area (Å²) in [6.07, 6.45) is -0.159. The maximum Gasteiger partial charge on any atom is 0.266 e. The van der Waals surface area contributed by atoms with Crippen LogP contribution in [0.1, 0.15) is 24.4 Å². The maximum atomic E-state index is 12.4. The van der Waals surface area contributed by atoms with Crippen molar-refractivity contribution in [2.24, 2.45) is 0 Å². The van der Waals surface area contributed by atoms with Gasteiger partial charge in [-0.05, 0) is 18.2 Å². The fourth-order valence-corrected chi connectivity index (χ4v) is 3.14. The quantitative estimate of drug-likeness (QED) is 0.901. The predicted molar refractivity (Wildman–Crippen MR) is 91.5 cm³/mol. The lowest BCUT2D eigenvalue weighted by molar-refractivity contribution is -0.131. The number of amides is 2. The van der Waals surface area contributed by atoms with Crippen LogP contribution in [0.5, 0.6) is 11.5 Å². The largest absolute Gasteiger partial charge is 0.493 e. The van der Waals surface area contributed by atoms with Gasteiger partial charge in [0.1, 0.15) is 11.5 Å². The van der Waals surface area contributed by atoms with Gasteiger partial charge in [-0.3, -0.25) is 9.59 Å². The summed E-state index contributed by atoms with van der Waals surface area (Å²) >= 11 is 0. The number of anilines is 1. The Labute approximate surface area is 145 Å². The van der Waals surface area contributed by atoms with Crippen LogP contribution in [0.15, 0.2) is 48.5 Å². The Morgan fingerprint density at radius 1 is 1.12 bits per heavy atom. The highest BCUT2D eigenvalue weighted by molar-refractivity contribution is 5.99. The van der Waals surface area contributed by atoms with E-state index in [0.29, 0.717) is 24.5 Å². The molecule has 2 amide bonds. The van der Waals surface area contributed by atoms with Crippen molar-refractivity contribution in [2.45, 2.75) is 25.0 Å². The van der Waals surface area contributed by atoms with Gasteiger partial charge >= 0.3 is 0 Å². The van der Waals surface area contributed by atoms with Crippen molar-refractivity contribution >= 4 is 17.5 Å². The van der Waals surface area contributed by atoms with E-state index in [9.17, 15) is 9.59 Å². The van der Waals surface area contributed by atoms with E-state index in [1.165, 1.54) is 0 Å². The highest BCUT2D eigenvalue weighted by atomic mass is 16.5. The molecule has 2 aliphatic heterocycles.